The van der Waals surface area contributed by atoms with Crippen LogP contribution in [0.15, 0.2) is 24.5 Å². The van der Waals surface area contributed by atoms with Gasteiger partial charge in [-0.2, -0.15) is 0 Å². The minimum absolute atomic E-state index is 0.187. The van der Waals surface area contributed by atoms with Gasteiger partial charge in [-0.15, -0.1) is 5.10 Å². The summed E-state index contributed by atoms with van der Waals surface area (Å²) in [5, 5.41) is 9.08. The Kier molecular flexibility index (Phi) is 5.29. The van der Waals surface area contributed by atoms with Crippen LogP contribution in [0.3, 0.4) is 0 Å². The highest BCUT2D eigenvalue weighted by atomic mass is 16.6. The Morgan fingerprint density at radius 2 is 1.97 bits per heavy atom. The van der Waals surface area contributed by atoms with Crippen molar-refractivity contribution in [3.63, 3.8) is 0 Å². The summed E-state index contributed by atoms with van der Waals surface area (Å²) in [7, 11) is 1.65. The summed E-state index contributed by atoms with van der Waals surface area (Å²) in [6.45, 7) is 8.48. The van der Waals surface area contributed by atoms with Gasteiger partial charge in [-0.05, 0) is 65.4 Å². The van der Waals surface area contributed by atoms with Gasteiger partial charge in [0.1, 0.15) is 16.9 Å². The number of likely N-dealkylation sites (tertiary alicyclic amines) is 1. The fraction of sp³-hybridized carbons (Fsp3) is 0.583. The maximum absolute atomic E-state index is 12.9. The van der Waals surface area contributed by atoms with Crippen LogP contribution < -0.4 is 4.74 Å². The Hall–Kier alpha value is -3.10. The average Bonchev–Trinajstić information content (AvgIpc) is 3.38. The van der Waals surface area contributed by atoms with Crippen molar-refractivity contribution < 1.29 is 14.3 Å². The van der Waals surface area contributed by atoms with Crippen LogP contribution in [0.1, 0.15) is 58.2 Å². The zero-order valence-corrected chi connectivity index (χ0v) is 20.0. The second-order valence-corrected chi connectivity index (χ2v) is 10.2. The third kappa shape index (κ3) is 4.16. The van der Waals surface area contributed by atoms with Gasteiger partial charge in [-0.1, -0.05) is 5.21 Å². The zero-order valence-electron chi connectivity index (χ0n) is 20.0. The number of piperidine rings is 1. The minimum atomic E-state index is -0.490. The zero-order chi connectivity index (χ0) is 23.3. The first-order valence-electron chi connectivity index (χ1n) is 11.7. The average molecular weight is 453 g/mol. The second-order valence-electron chi connectivity index (χ2n) is 10.2. The first kappa shape index (κ1) is 21.7. The lowest BCUT2D eigenvalue weighted by Crippen LogP contribution is -2.49. The fourth-order valence-electron chi connectivity index (χ4n) is 4.91. The van der Waals surface area contributed by atoms with Gasteiger partial charge >= 0.3 is 6.09 Å². The van der Waals surface area contributed by atoms with Crippen molar-refractivity contribution in [3.8, 4) is 17.1 Å². The summed E-state index contributed by atoms with van der Waals surface area (Å²) in [6, 6.07) is 4.36. The molecule has 0 radical (unpaired) electrons. The Bertz CT molecular complexity index is 1170. The highest BCUT2D eigenvalue weighted by molar-refractivity contribution is 5.69. The second kappa shape index (κ2) is 8.04. The molecule has 3 aromatic heterocycles. The van der Waals surface area contributed by atoms with Crippen LogP contribution >= 0.6 is 0 Å². The molecule has 1 aliphatic heterocycles. The first-order valence-corrected chi connectivity index (χ1v) is 11.7. The minimum Gasteiger partial charge on any atom is -0.482 e. The molecule has 5 rings (SSSR count). The molecule has 3 aromatic rings. The van der Waals surface area contributed by atoms with Crippen molar-refractivity contribution >= 4 is 11.7 Å². The van der Waals surface area contributed by atoms with Gasteiger partial charge in [0.15, 0.2) is 5.88 Å². The molecule has 2 fully saturated rings. The van der Waals surface area contributed by atoms with Gasteiger partial charge in [0.2, 0.25) is 0 Å². The van der Waals surface area contributed by atoms with Crippen LogP contribution in [0.4, 0.5) is 4.79 Å². The quantitative estimate of drug-likeness (QED) is 0.588. The van der Waals surface area contributed by atoms with Crippen LogP contribution in [0, 0.1) is 12.8 Å². The van der Waals surface area contributed by atoms with Gasteiger partial charge in [-0.25, -0.2) is 14.5 Å². The summed E-state index contributed by atoms with van der Waals surface area (Å²) in [5.74, 6) is 1.25. The molecule has 1 saturated heterocycles. The number of carbonyl (C=O) groups excluding carboxylic acids is 1. The fourth-order valence-corrected chi connectivity index (χ4v) is 4.91. The Morgan fingerprint density at radius 3 is 2.67 bits per heavy atom. The molecule has 0 aromatic carbocycles. The van der Waals surface area contributed by atoms with Crippen LogP contribution in [0.2, 0.25) is 0 Å². The number of nitrogens with zero attached hydrogens (tertiary/aromatic N) is 6. The van der Waals surface area contributed by atoms with E-state index in [0.29, 0.717) is 18.3 Å². The predicted octanol–water partition coefficient (Wildman–Crippen LogP) is 4.26. The van der Waals surface area contributed by atoms with E-state index in [9.17, 15) is 4.79 Å². The molecule has 1 saturated carbocycles. The first-order chi connectivity index (χ1) is 15.7. The number of hydrogen-bond acceptors (Lipinski definition) is 6. The highest BCUT2D eigenvalue weighted by Crippen LogP contribution is 2.43. The highest BCUT2D eigenvalue weighted by Gasteiger charge is 2.43. The van der Waals surface area contributed by atoms with E-state index in [0.717, 1.165) is 35.4 Å². The molecule has 9 heteroatoms. The number of pyridine rings is 1. The third-order valence-electron chi connectivity index (χ3n) is 6.64. The number of aromatic nitrogens is 5. The summed E-state index contributed by atoms with van der Waals surface area (Å²) < 4.78 is 15.2. The van der Waals surface area contributed by atoms with E-state index < -0.39 is 5.60 Å². The van der Waals surface area contributed by atoms with Gasteiger partial charge in [-0.3, -0.25) is 4.40 Å². The monoisotopic (exact) mass is 452 g/mol. The largest absolute Gasteiger partial charge is 0.482 e. The molecule has 33 heavy (non-hydrogen) atoms. The molecular formula is C24H32N6O3. The summed E-state index contributed by atoms with van der Waals surface area (Å²) >= 11 is 0. The number of imidazole rings is 1. The molecule has 4 heterocycles. The molecule has 1 aliphatic carbocycles. The summed E-state index contributed by atoms with van der Waals surface area (Å²) in [4.78, 5) is 19.2. The number of carbonyl (C=O) groups is 1. The number of fused-ring (bicyclic) bond motifs is 1. The lowest BCUT2D eigenvalue weighted by molar-refractivity contribution is 0.00131. The molecule has 0 N–H and O–H groups in total. The van der Waals surface area contributed by atoms with Crippen LogP contribution in [-0.4, -0.2) is 60.7 Å². The van der Waals surface area contributed by atoms with E-state index >= 15 is 0 Å². The van der Waals surface area contributed by atoms with Gasteiger partial charge in [0, 0.05) is 36.6 Å². The molecule has 2 atom stereocenters. The maximum atomic E-state index is 12.9. The third-order valence-corrected chi connectivity index (χ3v) is 6.64. The number of amides is 1. The van der Waals surface area contributed by atoms with Crippen LogP contribution in [0.25, 0.3) is 16.9 Å². The number of rotatable bonds is 4. The normalized spacial score (nSPS) is 21.4. The lowest BCUT2D eigenvalue weighted by atomic mass is 9.94. The standard InChI is InChI=1S/C24H32N6O3/c1-15-22(17-12-20-25-9-11-29(20)21(13-17)32-5)26-27-30(15)18-8-10-28(19(14-18)16-6-7-16)23(31)33-24(2,3)4/h9,11-13,16,18-19H,6-8,10,14H2,1-5H3/t18-,19+/m1/s1. The van der Waals surface area contributed by atoms with Crippen molar-refractivity contribution in [1.82, 2.24) is 29.3 Å². The lowest BCUT2D eigenvalue weighted by Gasteiger charge is -2.40. The van der Waals surface area contributed by atoms with E-state index in [1.165, 1.54) is 12.8 Å². The summed E-state index contributed by atoms with van der Waals surface area (Å²) in [5.41, 5.74) is 3.09. The van der Waals surface area contributed by atoms with Crippen LogP contribution in [-0.2, 0) is 4.74 Å². The molecular weight excluding hydrogens is 420 g/mol. The molecule has 1 amide bonds. The SMILES string of the molecule is COc1cc(-c2nnn([C@@H]3CCN(C(=O)OC(C)(C)C)[C@H](C4CC4)C3)c2C)cc2nccn12. The van der Waals surface area contributed by atoms with Crippen molar-refractivity contribution in [2.24, 2.45) is 5.92 Å². The number of methoxy groups -OCH3 is 1. The smallest absolute Gasteiger partial charge is 0.410 e. The van der Waals surface area contributed by atoms with E-state index in [4.69, 9.17) is 9.47 Å². The number of hydrogen-bond donors (Lipinski definition) is 0. The van der Waals surface area contributed by atoms with E-state index in [1.54, 1.807) is 13.3 Å². The topological polar surface area (TPSA) is 86.8 Å². The predicted molar refractivity (Wildman–Crippen MR) is 123 cm³/mol. The molecule has 0 spiro atoms. The molecule has 2 aliphatic rings. The van der Waals surface area contributed by atoms with Crippen LogP contribution in [0.5, 0.6) is 5.88 Å². The molecule has 0 bridgehead atoms. The van der Waals surface area contributed by atoms with E-state index in [1.807, 2.05) is 53.1 Å². The van der Waals surface area contributed by atoms with Crippen molar-refractivity contribution in [2.75, 3.05) is 13.7 Å². The van der Waals surface area contributed by atoms with Gasteiger partial charge in [0.25, 0.3) is 0 Å². The summed E-state index contributed by atoms with van der Waals surface area (Å²) in [6.07, 6.45) is 7.46. The Labute approximate surface area is 193 Å². The Morgan fingerprint density at radius 1 is 1.18 bits per heavy atom. The van der Waals surface area contributed by atoms with Crippen molar-refractivity contribution in [2.45, 2.75) is 71.1 Å². The van der Waals surface area contributed by atoms with Gasteiger partial charge in [0.05, 0.1) is 18.8 Å². The Balaban J connectivity index is 1.40. The van der Waals surface area contributed by atoms with E-state index in [-0.39, 0.29) is 18.2 Å². The maximum Gasteiger partial charge on any atom is 0.410 e. The molecule has 0 unspecified atom stereocenters. The number of ether oxygens (including phenoxy) is 2. The van der Waals surface area contributed by atoms with Gasteiger partial charge < -0.3 is 14.4 Å². The molecule has 176 valence electrons. The van der Waals surface area contributed by atoms with Crippen molar-refractivity contribution in [1.29, 1.82) is 0 Å². The molecule has 9 nitrogen and oxygen atoms in total. The van der Waals surface area contributed by atoms with Crippen molar-refractivity contribution in [3.05, 3.63) is 30.2 Å². The van der Waals surface area contributed by atoms with E-state index in [2.05, 4.69) is 22.2 Å².